The number of hydrogen-bond acceptors (Lipinski definition) is 3. The molecule has 0 unspecified atom stereocenters. The van der Waals surface area contributed by atoms with Crippen molar-refractivity contribution >= 4 is 23.2 Å². The van der Waals surface area contributed by atoms with Crippen molar-refractivity contribution in [2.45, 2.75) is 31.6 Å². The lowest BCUT2D eigenvalue weighted by atomic mass is 10.4. The van der Waals surface area contributed by atoms with E-state index in [1.165, 1.54) is 0 Å². The molecular formula is C14H19F3N4OS. The Morgan fingerprint density at radius 3 is 2.78 bits per heavy atom. The normalized spacial score (nSPS) is 15.4. The molecule has 1 aliphatic carbocycles. The molecule has 23 heavy (non-hydrogen) atoms. The molecule has 0 atom stereocenters. The van der Waals surface area contributed by atoms with E-state index in [0.29, 0.717) is 23.4 Å². The molecule has 0 spiro atoms. The predicted molar refractivity (Wildman–Crippen MR) is 83.3 cm³/mol. The van der Waals surface area contributed by atoms with E-state index in [2.05, 4.69) is 15.6 Å². The van der Waals surface area contributed by atoms with Crippen LogP contribution in [0.25, 0.3) is 0 Å². The van der Waals surface area contributed by atoms with Crippen molar-refractivity contribution in [1.82, 2.24) is 15.5 Å². The maximum absolute atomic E-state index is 12.3. The van der Waals surface area contributed by atoms with Crippen LogP contribution in [0.1, 0.15) is 17.7 Å². The van der Waals surface area contributed by atoms with Crippen LogP contribution >= 0.6 is 11.3 Å². The van der Waals surface area contributed by atoms with Crippen molar-refractivity contribution in [2.24, 2.45) is 4.99 Å². The number of carbonyl (C=O) groups is 1. The van der Waals surface area contributed by atoms with Crippen molar-refractivity contribution in [3.8, 4) is 0 Å². The standard InChI is InChI=1S/C14H19F3N4OS/c1-21(9-14(15,16)17)12(22)8-19-13(20-10-4-5-10)18-7-11-3-2-6-23-11/h2-3,6,10H,4-5,7-9H2,1H3,(H2,18,19,20). The fourth-order valence-corrected chi connectivity index (χ4v) is 2.43. The Balaban J connectivity index is 1.86. The number of aliphatic imine (C=N–C) groups is 1. The first kappa shape index (κ1) is 17.6. The van der Waals surface area contributed by atoms with Gasteiger partial charge < -0.3 is 15.5 Å². The monoisotopic (exact) mass is 348 g/mol. The second kappa shape index (κ2) is 7.67. The van der Waals surface area contributed by atoms with Crippen molar-refractivity contribution in [1.29, 1.82) is 0 Å². The number of rotatable bonds is 6. The highest BCUT2D eigenvalue weighted by atomic mass is 32.1. The molecule has 1 amide bonds. The third-order valence-electron chi connectivity index (χ3n) is 3.14. The Kier molecular flexibility index (Phi) is 5.86. The van der Waals surface area contributed by atoms with Gasteiger partial charge in [0.2, 0.25) is 5.91 Å². The Morgan fingerprint density at radius 2 is 2.22 bits per heavy atom. The van der Waals surface area contributed by atoms with Gasteiger partial charge in [-0.25, -0.2) is 4.99 Å². The smallest absolute Gasteiger partial charge is 0.354 e. The minimum absolute atomic E-state index is 0.320. The Labute approximate surface area is 136 Å². The first-order valence-corrected chi connectivity index (χ1v) is 8.09. The Morgan fingerprint density at radius 1 is 1.48 bits per heavy atom. The summed E-state index contributed by atoms with van der Waals surface area (Å²) in [5.74, 6) is -0.218. The summed E-state index contributed by atoms with van der Waals surface area (Å²) < 4.78 is 36.8. The predicted octanol–water partition coefficient (Wildman–Crippen LogP) is 1.97. The fraction of sp³-hybridized carbons (Fsp3) is 0.571. The van der Waals surface area contributed by atoms with Gasteiger partial charge in [-0.15, -0.1) is 11.3 Å². The van der Waals surface area contributed by atoms with E-state index < -0.39 is 18.6 Å². The lowest BCUT2D eigenvalue weighted by molar-refractivity contribution is -0.157. The highest BCUT2D eigenvalue weighted by Gasteiger charge is 2.31. The van der Waals surface area contributed by atoms with E-state index in [-0.39, 0.29) is 6.54 Å². The zero-order valence-electron chi connectivity index (χ0n) is 12.7. The molecule has 1 saturated carbocycles. The number of nitrogens with one attached hydrogen (secondary N) is 2. The molecule has 5 nitrogen and oxygen atoms in total. The number of alkyl halides is 3. The average molecular weight is 348 g/mol. The summed E-state index contributed by atoms with van der Waals surface area (Å²) in [5.41, 5.74) is 0. The lowest BCUT2D eigenvalue weighted by Crippen LogP contribution is -2.40. The number of amides is 1. The largest absolute Gasteiger partial charge is 0.406 e. The molecule has 9 heteroatoms. The van der Waals surface area contributed by atoms with Crippen LogP contribution in [0, 0.1) is 0 Å². The minimum Gasteiger partial charge on any atom is -0.354 e. The molecule has 128 valence electrons. The van der Waals surface area contributed by atoms with Gasteiger partial charge in [0.05, 0.1) is 6.54 Å². The van der Waals surface area contributed by atoms with Crippen LogP contribution in [0.2, 0.25) is 0 Å². The topological polar surface area (TPSA) is 56.7 Å². The summed E-state index contributed by atoms with van der Waals surface area (Å²) >= 11 is 1.59. The van der Waals surface area contributed by atoms with Crippen molar-refractivity contribution in [3.05, 3.63) is 22.4 Å². The number of hydrogen-bond donors (Lipinski definition) is 2. The van der Waals surface area contributed by atoms with Crippen LogP contribution in [-0.4, -0.2) is 49.1 Å². The summed E-state index contributed by atoms with van der Waals surface area (Å²) in [6.07, 6.45) is -2.34. The number of halogens is 3. The van der Waals surface area contributed by atoms with Gasteiger partial charge >= 0.3 is 6.18 Å². The number of carbonyl (C=O) groups excluding carboxylic acids is 1. The zero-order chi connectivity index (χ0) is 16.9. The van der Waals surface area contributed by atoms with Gasteiger partial charge in [-0.1, -0.05) is 6.07 Å². The van der Waals surface area contributed by atoms with E-state index in [0.717, 1.165) is 24.8 Å². The number of nitrogens with zero attached hydrogens (tertiary/aromatic N) is 2. The summed E-state index contributed by atoms with van der Waals surface area (Å²) in [6, 6.07) is 4.23. The van der Waals surface area contributed by atoms with Gasteiger partial charge in [-0.2, -0.15) is 13.2 Å². The Hall–Kier alpha value is -1.77. The molecule has 1 aliphatic rings. The number of guanidine groups is 1. The first-order chi connectivity index (χ1) is 10.8. The van der Waals surface area contributed by atoms with E-state index >= 15 is 0 Å². The van der Waals surface area contributed by atoms with Gasteiger partial charge in [0.15, 0.2) is 5.96 Å². The zero-order valence-corrected chi connectivity index (χ0v) is 13.5. The summed E-state index contributed by atoms with van der Waals surface area (Å²) in [5, 5.41) is 8.19. The molecule has 0 saturated heterocycles. The van der Waals surface area contributed by atoms with Gasteiger partial charge in [0.25, 0.3) is 0 Å². The summed E-state index contributed by atoms with van der Waals surface area (Å²) in [6.45, 7) is -1.03. The molecule has 2 rings (SSSR count). The van der Waals surface area contributed by atoms with Crippen LogP contribution in [0.5, 0.6) is 0 Å². The van der Waals surface area contributed by atoms with Crippen molar-refractivity contribution < 1.29 is 18.0 Å². The average Bonchev–Trinajstić information content (AvgIpc) is 3.11. The van der Waals surface area contributed by atoms with Crippen LogP contribution in [0.15, 0.2) is 22.5 Å². The molecule has 0 aliphatic heterocycles. The first-order valence-electron chi connectivity index (χ1n) is 7.21. The molecule has 1 aromatic heterocycles. The number of thiophene rings is 1. The van der Waals surface area contributed by atoms with E-state index in [4.69, 9.17) is 0 Å². The molecule has 0 radical (unpaired) electrons. The fourth-order valence-electron chi connectivity index (χ4n) is 1.78. The van der Waals surface area contributed by atoms with E-state index in [1.54, 1.807) is 11.3 Å². The van der Waals surface area contributed by atoms with E-state index in [1.807, 2.05) is 17.5 Å². The molecule has 1 aromatic rings. The third kappa shape index (κ3) is 6.89. The SMILES string of the molecule is CN(CC(F)(F)F)C(=O)CN=C(NCc1cccs1)NC1CC1. The summed E-state index contributed by atoms with van der Waals surface area (Å²) in [4.78, 5) is 17.6. The second-order valence-corrected chi connectivity index (χ2v) is 6.41. The van der Waals surface area contributed by atoms with Gasteiger partial charge in [-0.3, -0.25) is 4.79 Å². The molecule has 0 bridgehead atoms. The van der Waals surface area contributed by atoms with Crippen LogP contribution in [0.3, 0.4) is 0 Å². The lowest BCUT2D eigenvalue weighted by Gasteiger charge is -2.18. The molecule has 1 heterocycles. The summed E-state index contributed by atoms with van der Waals surface area (Å²) in [7, 11) is 1.12. The molecular weight excluding hydrogens is 329 g/mol. The molecule has 0 aromatic carbocycles. The maximum Gasteiger partial charge on any atom is 0.406 e. The van der Waals surface area contributed by atoms with Crippen LogP contribution < -0.4 is 10.6 Å². The van der Waals surface area contributed by atoms with Gasteiger partial charge in [0, 0.05) is 18.0 Å². The third-order valence-corrected chi connectivity index (χ3v) is 4.02. The maximum atomic E-state index is 12.3. The molecule has 2 N–H and O–H groups in total. The quantitative estimate of drug-likeness (QED) is 0.610. The number of likely N-dealkylation sites (N-methyl/N-ethyl adjacent to an activating group) is 1. The van der Waals surface area contributed by atoms with Crippen LogP contribution in [0.4, 0.5) is 13.2 Å². The van der Waals surface area contributed by atoms with Crippen molar-refractivity contribution in [3.63, 3.8) is 0 Å². The van der Waals surface area contributed by atoms with Gasteiger partial charge in [0.1, 0.15) is 13.1 Å². The second-order valence-electron chi connectivity index (χ2n) is 5.38. The van der Waals surface area contributed by atoms with Gasteiger partial charge in [-0.05, 0) is 24.3 Å². The Bertz CT molecular complexity index is 541. The highest BCUT2D eigenvalue weighted by Crippen LogP contribution is 2.18. The van der Waals surface area contributed by atoms with Crippen LogP contribution in [-0.2, 0) is 11.3 Å². The van der Waals surface area contributed by atoms with Crippen molar-refractivity contribution in [2.75, 3.05) is 20.1 Å². The minimum atomic E-state index is -4.40. The molecule has 1 fully saturated rings. The van der Waals surface area contributed by atoms with E-state index in [9.17, 15) is 18.0 Å². The highest BCUT2D eigenvalue weighted by molar-refractivity contribution is 7.09.